The molecule has 1 saturated carbocycles. The van der Waals surface area contributed by atoms with E-state index in [1.807, 2.05) is 12.3 Å². The van der Waals surface area contributed by atoms with E-state index >= 15 is 0 Å². The lowest BCUT2D eigenvalue weighted by molar-refractivity contribution is 0.180. The third-order valence-electron chi connectivity index (χ3n) is 4.14. The summed E-state index contributed by atoms with van der Waals surface area (Å²) in [6.45, 7) is 3.93. The molecule has 1 saturated heterocycles. The van der Waals surface area contributed by atoms with Crippen molar-refractivity contribution in [2.75, 3.05) is 13.2 Å². The first kappa shape index (κ1) is 15.4. The number of thiophene rings is 1. The second-order valence-corrected chi connectivity index (χ2v) is 8.58. The maximum Gasteiger partial charge on any atom is 0.241 e. The van der Waals surface area contributed by atoms with Crippen molar-refractivity contribution >= 4 is 21.4 Å². The van der Waals surface area contributed by atoms with Gasteiger partial charge in [-0.2, -0.15) is 0 Å². The van der Waals surface area contributed by atoms with E-state index in [1.54, 1.807) is 6.07 Å². The number of hydrogen-bond acceptors (Lipinski definition) is 5. The van der Waals surface area contributed by atoms with Gasteiger partial charge in [0, 0.05) is 36.0 Å². The monoisotopic (exact) mass is 330 g/mol. The first-order valence-electron chi connectivity index (χ1n) is 7.46. The fourth-order valence-electron chi connectivity index (χ4n) is 2.57. The molecule has 2 heterocycles. The van der Waals surface area contributed by atoms with Crippen LogP contribution in [-0.2, 0) is 21.3 Å². The Balaban J connectivity index is 1.67. The Labute approximate surface area is 130 Å². The average Bonchev–Trinajstić information content (AvgIpc) is 2.95. The molecule has 2 unspecified atom stereocenters. The molecule has 2 atom stereocenters. The average molecular weight is 330 g/mol. The molecule has 1 aliphatic heterocycles. The molecule has 3 rings (SSSR count). The third-order valence-corrected chi connectivity index (χ3v) is 6.83. The van der Waals surface area contributed by atoms with Gasteiger partial charge in [-0.1, -0.05) is 0 Å². The number of nitrogens with one attached hydrogen (secondary N) is 2. The molecule has 1 aromatic rings. The number of ether oxygens (including phenoxy) is 1. The second-order valence-electron chi connectivity index (χ2n) is 5.90. The van der Waals surface area contributed by atoms with Crippen LogP contribution in [0.4, 0.5) is 0 Å². The molecule has 21 heavy (non-hydrogen) atoms. The maximum atomic E-state index is 12.6. The van der Waals surface area contributed by atoms with Crippen molar-refractivity contribution in [3.05, 3.63) is 16.3 Å². The van der Waals surface area contributed by atoms with Crippen molar-refractivity contribution in [3.63, 3.8) is 0 Å². The van der Waals surface area contributed by atoms with Gasteiger partial charge in [0.15, 0.2) is 0 Å². The van der Waals surface area contributed by atoms with Crippen molar-refractivity contribution in [1.29, 1.82) is 0 Å². The van der Waals surface area contributed by atoms with Crippen LogP contribution in [0, 0.1) is 5.92 Å². The van der Waals surface area contributed by atoms with Crippen LogP contribution in [0.3, 0.4) is 0 Å². The van der Waals surface area contributed by atoms with Crippen LogP contribution in [-0.4, -0.2) is 33.7 Å². The molecule has 1 aromatic heterocycles. The van der Waals surface area contributed by atoms with Gasteiger partial charge in [-0.3, -0.25) is 0 Å². The Morgan fingerprint density at radius 3 is 2.90 bits per heavy atom. The fraction of sp³-hybridized carbons (Fsp3) is 0.714. The molecule has 0 spiro atoms. The van der Waals surface area contributed by atoms with E-state index in [1.165, 1.54) is 24.2 Å². The molecule has 1 aliphatic carbocycles. The highest BCUT2D eigenvalue weighted by atomic mass is 32.2. The summed E-state index contributed by atoms with van der Waals surface area (Å²) in [5.74, 6) is 0.270. The van der Waals surface area contributed by atoms with Crippen LogP contribution >= 0.6 is 11.3 Å². The Hall–Kier alpha value is -0.470. The lowest BCUT2D eigenvalue weighted by Gasteiger charge is -2.19. The molecule has 0 aromatic carbocycles. The summed E-state index contributed by atoms with van der Waals surface area (Å²) in [6.07, 6.45) is 3.32. The van der Waals surface area contributed by atoms with Crippen molar-refractivity contribution < 1.29 is 13.2 Å². The van der Waals surface area contributed by atoms with Gasteiger partial charge < -0.3 is 10.1 Å². The molecular weight excluding hydrogens is 308 g/mol. The minimum absolute atomic E-state index is 0.0957. The maximum absolute atomic E-state index is 12.6. The smallest absolute Gasteiger partial charge is 0.241 e. The van der Waals surface area contributed by atoms with Crippen LogP contribution in [0.1, 0.15) is 31.1 Å². The van der Waals surface area contributed by atoms with Gasteiger partial charge in [0.05, 0.1) is 11.5 Å². The van der Waals surface area contributed by atoms with E-state index in [2.05, 4.69) is 10.0 Å². The fourth-order valence-corrected chi connectivity index (χ4v) is 5.28. The van der Waals surface area contributed by atoms with Gasteiger partial charge in [-0.25, -0.2) is 13.1 Å². The molecule has 5 nitrogen and oxygen atoms in total. The summed E-state index contributed by atoms with van der Waals surface area (Å²) >= 11 is 1.50. The molecule has 7 heteroatoms. The van der Waals surface area contributed by atoms with Crippen molar-refractivity contribution in [2.24, 2.45) is 5.92 Å². The zero-order valence-electron chi connectivity index (χ0n) is 12.2. The third kappa shape index (κ3) is 3.84. The summed E-state index contributed by atoms with van der Waals surface area (Å²) in [5.41, 5.74) is 0. The summed E-state index contributed by atoms with van der Waals surface area (Å²) in [5, 5.41) is 5.23. The minimum Gasteiger partial charge on any atom is -0.381 e. The van der Waals surface area contributed by atoms with E-state index in [4.69, 9.17) is 4.74 Å². The Bertz CT molecular complexity index is 575. The van der Waals surface area contributed by atoms with Gasteiger partial charge in [-0.05, 0) is 37.6 Å². The van der Waals surface area contributed by atoms with Crippen LogP contribution in [0.25, 0.3) is 0 Å². The van der Waals surface area contributed by atoms with E-state index < -0.39 is 10.0 Å². The lowest BCUT2D eigenvalue weighted by Crippen LogP contribution is -2.38. The normalized spacial score (nSPS) is 24.3. The van der Waals surface area contributed by atoms with Crippen LogP contribution < -0.4 is 10.0 Å². The zero-order chi connectivity index (χ0) is 14.9. The predicted molar refractivity (Wildman–Crippen MR) is 82.9 cm³/mol. The molecule has 2 N–H and O–H groups in total. The number of sulfonamides is 1. The zero-order valence-corrected chi connectivity index (χ0v) is 13.8. The van der Waals surface area contributed by atoms with E-state index in [-0.39, 0.29) is 12.0 Å². The highest BCUT2D eigenvalue weighted by Crippen LogP contribution is 2.26. The topological polar surface area (TPSA) is 67.4 Å². The molecule has 2 fully saturated rings. The molecule has 118 valence electrons. The predicted octanol–water partition coefficient (Wildman–Crippen LogP) is 1.70. The van der Waals surface area contributed by atoms with Gasteiger partial charge >= 0.3 is 0 Å². The largest absolute Gasteiger partial charge is 0.381 e. The summed E-state index contributed by atoms with van der Waals surface area (Å²) < 4.78 is 33.3. The van der Waals surface area contributed by atoms with Gasteiger partial charge in [0.2, 0.25) is 10.0 Å². The molecule has 0 bridgehead atoms. The van der Waals surface area contributed by atoms with Crippen LogP contribution in [0.2, 0.25) is 0 Å². The van der Waals surface area contributed by atoms with E-state index in [0.717, 1.165) is 17.9 Å². The Kier molecular flexibility index (Phi) is 4.66. The van der Waals surface area contributed by atoms with Gasteiger partial charge in [0.1, 0.15) is 0 Å². The SMILES string of the molecule is CC(NS(=O)(=O)c1ccsc1CNC1CC1)C1CCOC1. The molecule has 0 amide bonds. The minimum atomic E-state index is -3.45. The first-order chi connectivity index (χ1) is 10.1. The van der Waals surface area contributed by atoms with Crippen molar-refractivity contribution in [1.82, 2.24) is 10.0 Å². The van der Waals surface area contributed by atoms with Gasteiger partial charge in [-0.15, -0.1) is 11.3 Å². The first-order valence-corrected chi connectivity index (χ1v) is 9.82. The second kappa shape index (κ2) is 6.34. The number of rotatable bonds is 7. The summed E-state index contributed by atoms with van der Waals surface area (Å²) in [4.78, 5) is 1.32. The van der Waals surface area contributed by atoms with Gasteiger partial charge in [0.25, 0.3) is 0 Å². The Morgan fingerprint density at radius 1 is 1.43 bits per heavy atom. The van der Waals surface area contributed by atoms with Crippen LogP contribution in [0.5, 0.6) is 0 Å². The Morgan fingerprint density at radius 2 is 2.24 bits per heavy atom. The van der Waals surface area contributed by atoms with Crippen LogP contribution in [0.15, 0.2) is 16.3 Å². The summed E-state index contributed by atoms with van der Waals surface area (Å²) in [7, 11) is -3.45. The van der Waals surface area contributed by atoms with Crippen molar-refractivity contribution in [3.8, 4) is 0 Å². The van der Waals surface area contributed by atoms with E-state index in [9.17, 15) is 8.42 Å². The lowest BCUT2D eigenvalue weighted by atomic mass is 10.0. The quantitative estimate of drug-likeness (QED) is 0.798. The van der Waals surface area contributed by atoms with E-state index in [0.29, 0.717) is 24.1 Å². The highest BCUT2D eigenvalue weighted by Gasteiger charge is 2.29. The number of hydrogen-bond donors (Lipinski definition) is 2. The standard InChI is InChI=1S/C14H22N2O3S2/c1-10(11-4-6-19-9-11)16-21(17,18)14-5-7-20-13(14)8-15-12-2-3-12/h5,7,10-12,15-16H,2-4,6,8-9H2,1H3. The molecular formula is C14H22N2O3S2. The van der Waals surface area contributed by atoms with Crippen molar-refractivity contribution in [2.45, 2.75) is 49.7 Å². The summed E-state index contributed by atoms with van der Waals surface area (Å²) in [6, 6.07) is 2.18. The highest BCUT2D eigenvalue weighted by molar-refractivity contribution is 7.89. The molecule has 2 aliphatic rings. The molecule has 0 radical (unpaired) electrons.